The van der Waals surface area contributed by atoms with Crippen LogP contribution in [0.2, 0.25) is 0 Å². The molecule has 0 aromatic carbocycles. The molecule has 0 atom stereocenters. The van der Waals surface area contributed by atoms with E-state index >= 15 is 0 Å². The van der Waals surface area contributed by atoms with Crippen LogP contribution in [0.4, 0.5) is 21.7 Å². The fourth-order valence-electron chi connectivity index (χ4n) is 0.579. The molecule has 0 bridgehead atoms. The second-order valence-corrected chi connectivity index (χ2v) is 2.36. The van der Waals surface area contributed by atoms with E-state index < -0.39 is 25.5 Å². The third-order valence-electron chi connectivity index (χ3n) is 1.21. The first kappa shape index (κ1) is 19.2. The topological polar surface area (TPSA) is 27.7 Å². The van der Waals surface area contributed by atoms with E-state index in [1.165, 1.54) is 7.11 Å². The van der Waals surface area contributed by atoms with Gasteiger partial charge in [-0.25, -0.2) is 0 Å². The molecule has 0 saturated heterocycles. The Morgan fingerprint density at radius 1 is 1.12 bits per heavy atom. The summed E-state index contributed by atoms with van der Waals surface area (Å²) in [5, 5.41) is 0. The van der Waals surface area contributed by atoms with Crippen LogP contribution in [0.5, 0.6) is 0 Å². The van der Waals surface area contributed by atoms with Crippen molar-refractivity contribution in [3.63, 3.8) is 0 Å². The van der Waals surface area contributed by atoms with Crippen molar-refractivity contribution >= 4 is 6.98 Å². The summed E-state index contributed by atoms with van der Waals surface area (Å²) < 4.78 is 71.8. The minimum atomic E-state index is -5.85. The van der Waals surface area contributed by atoms with Crippen LogP contribution in [0, 0.1) is 0 Å². The smallest absolute Gasteiger partial charge is 0.498 e. The van der Waals surface area contributed by atoms with Gasteiger partial charge in [-0.2, -0.15) is 8.78 Å². The number of hydrogen-bond donors (Lipinski definition) is 0. The summed E-state index contributed by atoms with van der Waals surface area (Å²) >= 11 is 0. The number of ether oxygens (including phenoxy) is 3. The van der Waals surface area contributed by atoms with Gasteiger partial charge in [-0.3, -0.25) is 0 Å². The molecule has 3 nitrogen and oxygen atoms in total. The van der Waals surface area contributed by atoms with Crippen LogP contribution >= 0.6 is 0 Å². The Hall–Kier alpha value is 0.811. The maximum absolute atomic E-state index is 11.9. The van der Waals surface area contributed by atoms with E-state index in [2.05, 4.69) is 14.2 Å². The minimum absolute atomic E-state index is 0. The van der Waals surface area contributed by atoms with Gasteiger partial charge in [0.2, 0.25) is 0 Å². The van der Waals surface area contributed by atoms with E-state index in [0.29, 0.717) is 0 Å². The molecule has 0 heterocycles. The molecule has 90 valence electrons. The van der Waals surface area contributed by atoms with Crippen LogP contribution < -0.4 is 51.4 Å². The summed E-state index contributed by atoms with van der Waals surface area (Å²) in [4.78, 5) is 0. The Labute approximate surface area is 132 Å². The molecule has 0 aliphatic heterocycles. The first-order valence-corrected chi connectivity index (χ1v) is 3.84. The van der Waals surface area contributed by atoms with Crippen molar-refractivity contribution in [2.45, 2.75) is 0 Å². The summed E-state index contributed by atoms with van der Waals surface area (Å²) in [6.07, 6.45) is -2.90. The Balaban J connectivity index is 0. The SMILES string of the molecule is COCCOCOC(=C(F)F)[B-](F)(F)F.[K+]. The minimum Gasteiger partial charge on any atom is -0.498 e. The first-order valence-electron chi connectivity index (χ1n) is 3.84. The van der Waals surface area contributed by atoms with Crippen LogP contribution in [-0.2, 0) is 14.2 Å². The predicted molar refractivity (Wildman–Crippen MR) is 42.1 cm³/mol. The van der Waals surface area contributed by atoms with Gasteiger partial charge in [0.1, 0.15) is 5.66 Å². The Kier molecular flexibility index (Phi) is 11.7. The zero-order valence-corrected chi connectivity index (χ0v) is 11.9. The quantitative estimate of drug-likeness (QED) is 0.198. The van der Waals surface area contributed by atoms with Gasteiger partial charge in [-0.05, 0) is 0 Å². The molecule has 0 aliphatic carbocycles. The molecular formula is C6H9BF5KO3. The van der Waals surface area contributed by atoms with Crippen LogP contribution in [0.15, 0.2) is 11.7 Å². The maximum Gasteiger partial charge on any atom is 1.00 e. The second-order valence-electron chi connectivity index (χ2n) is 2.36. The van der Waals surface area contributed by atoms with Crippen molar-refractivity contribution in [3.8, 4) is 0 Å². The van der Waals surface area contributed by atoms with Crippen LogP contribution in [0.3, 0.4) is 0 Å². The first-order chi connectivity index (χ1) is 6.89. The average Bonchev–Trinajstić information content (AvgIpc) is 2.08. The zero-order valence-electron chi connectivity index (χ0n) is 8.81. The summed E-state index contributed by atoms with van der Waals surface area (Å²) in [5.74, 6) is 0. The molecule has 0 N–H and O–H groups in total. The third kappa shape index (κ3) is 8.91. The van der Waals surface area contributed by atoms with Crippen molar-refractivity contribution < 1.29 is 87.3 Å². The summed E-state index contributed by atoms with van der Waals surface area (Å²) in [5.41, 5.74) is -2.27. The molecule has 0 aromatic rings. The second kappa shape index (κ2) is 9.80. The van der Waals surface area contributed by atoms with Gasteiger partial charge < -0.3 is 27.2 Å². The van der Waals surface area contributed by atoms with E-state index in [0.717, 1.165) is 0 Å². The normalized spacial score (nSPS) is 10.6. The van der Waals surface area contributed by atoms with E-state index in [-0.39, 0.29) is 64.6 Å². The molecular weight excluding hydrogens is 265 g/mol. The predicted octanol–water partition coefficient (Wildman–Crippen LogP) is -0.878. The Morgan fingerprint density at radius 2 is 1.69 bits per heavy atom. The van der Waals surface area contributed by atoms with Gasteiger partial charge in [0.15, 0.2) is 6.79 Å². The number of rotatable bonds is 7. The largest absolute Gasteiger partial charge is 1.00 e. The van der Waals surface area contributed by atoms with Crippen molar-refractivity contribution in [1.29, 1.82) is 0 Å². The van der Waals surface area contributed by atoms with Gasteiger partial charge in [0.05, 0.1) is 13.2 Å². The maximum atomic E-state index is 11.9. The van der Waals surface area contributed by atoms with Crippen molar-refractivity contribution in [1.82, 2.24) is 0 Å². The zero-order chi connectivity index (χ0) is 11.9. The summed E-state index contributed by atoms with van der Waals surface area (Å²) in [6.45, 7) is -6.64. The fourth-order valence-corrected chi connectivity index (χ4v) is 0.579. The number of methoxy groups -OCH3 is 1. The van der Waals surface area contributed by atoms with Gasteiger partial charge in [-0.1, -0.05) is 0 Å². The van der Waals surface area contributed by atoms with Gasteiger partial charge in [0, 0.05) is 7.11 Å². The molecule has 0 saturated carbocycles. The van der Waals surface area contributed by atoms with Crippen molar-refractivity contribution in [2.24, 2.45) is 0 Å². The van der Waals surface area contributed by atoms with Crippen molar-refractivity contribution in [3.05, 3.63) is 11.7 Å². The summed E-state index contributed by atoms with van der Waals surface area (Å²) in [7, 11) is 1.36. The fraction of sp³-hybridized carbons (Fsp3) is 0.667. The van der Waals surface area contributed by atoms with Crippen molar-refractivity contribution in [2.75, 3.05) is 27.1 Å². The number of hydrogen-bond acceptors (Lipinski definition) is 3. The van der Waals surface area contributed by atoms with Crippen LogP contribution in [0.1, 0.15) is 0 Å². The molecule has 0 rings (SSSR count). The molecule has 0 fully saturated rings. The van der Waals surface area contributed by atoms with Gasteiger partial charge in [0.25, 0.3) is 6.08 Å². The summed E-state index contributed by atoms with van der Waals surface area (Å²) in [6, 6.07) is 0. The third-order valence-corrected chi connectivity index (χ3v) is 1.21. The molecule has 0 aromatic heterocycles. The number of halogens is 5. The molecule has 16 heavy (non-hydrogen) atoms. The van der Waals surface area contributed by atoms with Crippen LogP contribution in [-0.4, -0.2) is 34.1 Å². The average molecular weight is 274 g/mol. The van der Waals surface area contributed by atoms with Gasteiger partial charge in [-0.15, -0.1) is 0 Å². The Morgan fingerprint density at radius 3 is 2.06 bits per heavy atom. The van der Waals surface area contributed by atoms with E-state index in [4.69, 9.17) is 0 Å². The van der Waals surface area contributed by atoms with Gasteiger partial charge >= 0.3 is 58.4 Å². The molecule has 0 aliphatic rings. The molecule has 10 heteroatoms. The molecule has 0 spiro atoms. The molecule has 0 unspecified atom stereocenters. The monoisotopic (exact) mass is 274 g/mol. The molecule has 0 amide bonds. The van der Waals surface area contributed by atoms with E-state index in [9.17, 15) is 21.7 Å². The Bertz CT molecular complexity index is 219. The standard InChI is InChI=1S/C6H9BF5O3.K/c1-13-2-3-14-4-15-5(6(8)9)7(10,11)12;/h2-4H2,1H3;/q-1;+1. The molecule has 0 radical (unpaired) electrons. The van der Waals surface area contributed by atoms with E-state index in [1.807, 2.05) is 0 Å². The van der Waals surface area contributed by atoms with Crippen LogP contribution in [0.25, 0.3) is 0 Å². The van der Waals surface area contributed by atoms with E-state index in [1.54, 1.807) is 0 Å².